The second-order valence-corrected chi connectivity index (χ2v) is 8.68. The van der Waals surface area contributed by atoms with E-state index in [0.717, 1.165) is 9.13 Å². The Labute approximate surface area is 184 Å². The number of aromatic nitrogens is 4. The maximum Gasteiger partial charge on any atom is 0.226 e. The molecule has 2 aliphatic heterocycles. The van der Waals surface area contributed by atoms with Crippen LogP contribution in [0.15, 0.2) is 30.6 Å². The minimum Gasteiger partial charge on any atom is -0.393 e. The molecule has 0 unspecified atom stereocenters. The highest BCUT2D eigenvalue weighted by Gasteiger charge is 2.61. The third kappa shape index (κ3) is 3.18. The van der Waals surface area contributed by atoms with Gasteiger partial charge < -0.3 is 25.0 Å². The molecule has 5 rings (SSSR count). The van der Waals surface area contributed by atoms with E-state index in [2.05, 4.69) is 48.9 Å². The van der Waals surface area contributed by atoms with Crippen molar-refractivity contribution in [2.75, 3.05) is 18.5 Å². The number of fused-ring (bicyclic) bond motifs is 3. The Morgan fingerprint density at radius 2 is 2.24 bits per heavy atom. The van der Waals surface area contributed by atoms with Crippen molar-refractivity contribution in [3.05, 3.63) is 45.0 Å². The van der Waals surface area contributed by atoms with E-state index in [1.807, 2.05) is 18.2 Å². The third-order valence-electron chi connectivity index (χ3n) is 5.29. The van der Waals surface area contributed by atoms with Crippen LogP contribution in [-0.2, 0) is 16.0 Å². The lowest BCUT2D eigenvalue weighted by atomic mass is 10.0. The Balaban J connectivity index is 1.47. The Kier molecular flexibility index (Phi) is 4.87. The number of anilines is 1. The molecule has 9 nitrogen and oxygen atoms in total. The average Bonchev–Trinajstić information content (AvgIpc) is 3.35. The predicted molar refractivity (Wildman–Crippen MR) is 113 cm³/mol. The van der Waals surface area contributed by atoms with Gasteiger partial charge >= 0.3 is 0 Å². The number of nitrogens with one attached hydrogen (secondary N) is 1. The second-order valence-electron chi connectivity index (χ2n) is 7.10. The van der Waals surface area contributed by atoms with Gasteiger partial charge in [-0.15, -0.1) is 0 Å². The largest absolute Gasteiger partial charge is 0.393 e. The van der Waals surface area contributed by atoms with E-state index in [1.54, 1.807) is 10.9 Å². The van der Waals surface area contributed by atoms with Crippen molar-refractivity contribution in [2.24, 2.45) is 0 Å². The number of aliphatic hydroxyl groups is 2. The summed E-state index contributed by atoms with van der Waals surface area (Å²) in [5.41, 5.74) is 0.946. The molecule has 2 aromatic heterocycles. The molecule has 0 saturated carbocycles. The van der Waals surface area contributed by atoms with Crippen LogP contribution < -0.4 is 5.32 Å². The minimum absolute atomic E-state index is 0.0610. The fourth-order valence-corrected chi connectivity index (χ4v) is 4.56. The zero-order valence-electron chi connectivity index (χ0n) is 15.0. The standard InChI is InChI=1S/C18H17ClIN5O4/c19-17-23-14(21-5-9-2-1-3-10(20)4-9)11-15(24-17)25(8-22-11)16-12-13(27)18(6-26,29-16)7-28-12/h1-4,8,12-13,16,26-27H,5-7H2,(H,21,23,24)/t12-,13+,16-,18-/m1/s1. The molecule has 2 bridgehead atoms. The summed E-state index contributed by atoms with van der Waals surface area (Å²) in [4.78, 5) is 13.0. The van der Waals surface area contributed by atoms with Crippen LogP contribution in [0, 0.1) is 3.57 Å². The van der Waals surface area contributed by atoms with E-state index in [4.69, 9.17) is 21.1 Å². The van der Waals surface area contributed by atoms with Gasteiger partial charge in [-0.1, -0.05) is 12.1 Å². The van der Waals surface area contributed by atoms with Crippen LogP contribution in [0.3, 0.4) is 0 Å². The fourth-order valence-electron chi connectivity index (χ4n) is 3.79. The van der Waals surface area contributed by atoms with Gasteiger partial charge in [-0.05, 0) is 51.9 Å². The summed E-state index contributed by atoms with van der Waals surface area (Å²) in [5.74, 6) is 0.499. The van der Waals surface area contributed by atoms with Crippen molar-refractivity contribution in [1.82, 2.24) is 19.5 Å². The van der Waals surface area contributed by atoms with E-state index in [-0.39, 0.29) is 18.5 Å². The summed E-state index contributed by atoms with van der Waals surface area (Å²) in [6.07, 6.45) is -0.689. The zero-order valence-corrected chi connectivity index (χ0v) is 17.9. The molecule has 4 heterocycles. The topological polar surface area (TPSA) is 115 Å². The predicted octanol–water partition coefficient (Wildman–Crippen LogP) is 1.72. The number of nitrogens with zero attached hydrogens (tertiary/aromatic N) is 4. The van der Waals surface area contributed by atoms with E-state index < -0.39 is 24.0 Å². The van der Waals surface area contributed by atoms with Crippen molar-refractivity contribution >= 4 is 51.2 Å². The van der Waals surface area contributed by atoms with Gasteiger partial charge in [-0.3, -0.25) is 4.57 Å². The number of hydrogen-bond acceptors (Lipinski definition) is 8. The molecule has 2 aliphatic rings. The number of benzene rings is 1. The van der Waals surface area contributed by atoms with Crippen LogP contribution >= 0.6 is 34.2 Å². The van der Waals surface area contributed by atoms with Crippen LogP contribution in [0.5, 0.6) is 0 Å². The maximum absolute atomic E-state index is 10.4. The first-order chi connectivity index (χ1) is 14.0. The monoisotopic (exact) mass is 529 g/mol. The lowest BCUT2D eigenvalue weighted by Crippen LogP contribution is -2.44. The Bertz CT molecular complexity index is 1080. The number of halogens is 2. The third-order valence-corrected chi connectivity index (χ3v) is 6.13. The number of imidazole rings is 1. The van der Waals surface area contributed by atoms with Crippen molar-refractivity contribution in [3.63, 3.8) is 0 Å². The van der Waals surface area contributed by atoms with E-state index in [9.17, 15) is 10.2 Å². The van der Waals surface area contributed by atoms with Gasteiger partial charge in [0.1, 0.15) is 17.8 Å². The fraction of sp³-hybridized carbons (Fsp3) is 0.389. The van der Waals surface area contributed by atoms with Gasteiger partial charge in [0.2, 0.25) is 5.28 Å². The molecule has 1 aromatic carbocycles. The molecular weight excluding hydrogens is 513 g/mol. The molecule has 2 fully saturated rings. The van der Waals surface area contributed by atoms with Gasteiger partial charge in [0, 0.05) is 10.1 Å². The van der Waals surface area contributed by atoms with Crippen LogP contribution in [0.2, 0.25) is 5.28 Å². The molecule has 4 atom stereocenters. The summed E-state index contributed by atoms with van der Waals surface area (Å²) < 4.78 is 14.4. The molecule has 0 spiro atoms. The normalized spacial score (nSPS) is 28.3. The Morgan fingerprint density at radius 1 is 1.38 bits per heavy atom. The summed E-state index contributed by atoms with van der Waals surface area (Å²) in [6.45, 7) is 0.341. The summed E-state index contributed by atoms with van der Waals surface area (Å²) in [7, 11) is 0. The molecule has 11 heteroatoms. The molecule has 0 radical (unpaired) electrons. The van der Waals surface area contributed by atoms with Gasteiger partial charge in [-0.25, -0.2) is 4.98 Å². The van der Waals surface area contributed by atoms with Crippen LogP contribution in [0.1, 0.15) is 11.8 Å². The minimum atomic E-state index is -1.13. The molecule has 3 aromatic rings. The lowest BCUT2D eigenvalue weighted by molar-refractivity contribution is -0.185. The second kappa shape index (κ2) is 7.29. The molecule has 29 heavy (non-hydrogen) atoms. The molecular formula is C18H17ClIN5O4. The van der Waals surface area contributed by atoms with Crippen LogP contribution in [-0.4, -0.2) is 60.8 Å². The van der Waals surface area contributed by atoms with Gasteiger partial charge in [0.05, 0.1) is 19.5 Å². The highest BCUT2D eigenvalue weighted by Crippen LogP contribution is 2.45. The Hall–Kier alpha value is -1.57. The smallest absolute Gasteiger partial charge is 0.226 e. The number of ether oxygens (including phenoxy) is 2. The first-order valence-corrected chi connectivity index (χ1v) is 10.4. The SMILES string of the molecule is OC[C@]12CO[C@@H]([C@H](n3cnc4c(NCc5cccc(I)c5)nc(Cl)nc43)O1)[C@@H]2O. The highest BCUT2D eigenvalue weighted by atomic mass is 127. The Morgan fingerprint density at radius 3 is 3.00 bits per heavy atom. The molecule has 3 N–H and O–H groups in total. The van der Waals surface area contributed by atoms with Gasteiger partial charge in [0.15, 0.2) is 23.2 Å². The van der Waals surface area contributed by atoms with E-state index >= 15 is 0 Å². The summed E-state index contributed by atoms with van der Waals surface area (Å²) in [5, 5.41) is 23.4. The molecule has 152 valence electrons. The van der Waals surface area contributed by atoms with Crippen molar-refractivity contribution in [3.8, 4) is 0 Å². The summed E-state index contributed by atoms with van der Waals surface area (Å²) in [6, 6.07) is 8.10. The first kappa shape index (κ1) is 19.4. The molecule has 2 saturated heterocycles. The maximum atomic E-state index is 10.4. The molecule has 0 aliphatic carbocycles. The van der Waals surface area contributed by atoms with Crippen LogP contribution in [0.4, 0.5) is 5.82 Å². The number of hydrogen-bond donors (Lipinski definition) is 3. The lowest BCUT2D eigenvalue weighted by Gasteiger charge is -2.29. The zero-order chi connectivity index (χ0) is 20.2. The van der Waals surface area contributed by atoms with Crippen molar-refractivity contribution in [1.29, 1.82) is 0 Å². The summed E-state index contributed by atoms with van der Waals surface area (Å²) >= 11 is 8.43. The highest BCUT2D eigenvalue weighted by molar-refractivity contribution is 14.1. The molecule has 0 amide bonds. The van der Waals surface area contributed by atoms with E-state index in [1.165, 1.54) is 0 Å². The van der Waals surface area contributed by atoms with Crippen molar-refractivity contribution < 1.29 is 19.7 Å². The average molecular weight is 530 g/mol. The van der Waals surface area contributed by atoms with E-state index in [0.29, 0.717) is 23.5 Å². The van der Waals surface area contributed by atoms with Gasteiger partial charge in [-0.2, -0.15) is 9.97 Å². The first-order valence-electron chi connectivity index (χ1n) is 8.97. The number of aliphatic hydroxyl groups excluding tert-OH is 2. The quantitative estimate of drug-likeness (QED) is 0.338. The van der Waals surface area contributed by atoms with Crippen molar-refractivity contribution in [2.45, 2.75) is 30.6 Å². The number of rotatable bonds is 5. The van der Waals surface area contributed by atoms with Crippen LogP contribution in [0.25, 0.3) is 11.2 Å². The van der Waals surface area contributed by atoms with Gasteiger partial charge in [0.25, 0.3) is 0 Å².